The van der Waals surface area contributed by atoms with Crippen LogP contribution in [-0.2, 0) is 16.1 Å². The zero-order valence-corrected chi connectivity index (χ0v) is 18.4. The molecular formula is C24H21F4N3O3. The van der Waals surface area contributed by atoms with Crippen LogP contribution in [0.3, 0.4) is 0 Å². The molecule has 1 fully saturated rings. The summed E-state index contributed by atoms with van der Waals surface area (Å²) in [6, 6.07) is 6.97. The van der Waals surface area contributed by atoms with Gasteiger partial charge in [0.15, 0.2) is 17.7 Å². The SMILES string of the molecule is Cc1cc2c(c(F)c1NC(=O)CC1CC(F)(F)C1)OC(C)C(=O)N2Cc1cc(F)cc(C#N)c1. The zero-order chi connectivity index (χ0) is 24.8. The van der Waals surface area contributed by atoms with Crippen molar-refractivity contribution in [3.8, 4) is 11.8 Å². The van der Waals surface area contributed by atoms with Gasteiger partial charge in [-0.25, -0.2) is 17.6 Å². The number of aryl methyl sites for hydroxylation is 1. The first kappa shape index (κ1) is 23.5. The van der Waals surface area contributed by atoms with E-state index >= 15 is 4.39 Å². The quantitative estimate of drug-likeness (QED) is 0.628. The number of halogens is 4. The van der Waals surface area contributed by atoms with E-state index in [4.69, 9.17) is 10.00 Å². The summed E-state index contributed by atoms with van der Waals surface area (Å²) >= 11 is 0. The molecule has 0 aromatic heterocycles. The van der Waals surface area contributed by atoms with E-state index in [1.54, 1.807) is 0 Å². The molecule has 2 aromatic rings. The average molecular weight is 475 g/mol. The number of nitriles is 1. The molecule has 0 radical (unpaired) electrons. The maximum atomic E-state index is 15.4. The Kier molecular flexibility index (Phi) is 5.98. The smallest absolute Gasteiger partial charge is 0.268 e. The van der Waals surface area contributed by atoms with E-state index in [2.05, 4.69) is 5.32 Å². The normalized spacial score (nSPS) is 19.0. The van der Waals surface area contributed by atoms with E-state index in [1.807, 2.05) is 6.07 Å². The first-order valence-corrected chi connectivity index (χ1v) is 10.7. The van der Waals surface area contributed by atoms with Gasteiger partial charge in [-0.05, 0) is 55.2 Å². The zero-order valence-electron chi connectivity index (χ0n) is 18.4. The Balaban J connectivity index is 1.62. The molecular weight excluding hydrogens is 454 g/mol. The molecule has 0 saturated heterocycles. The van der Waals surface area contributed by atoms with Gasteiger partial charge in [-0.2, -0.15) is 5.26 Å². The number of benzene rings is 2. The molecule has 1 unspecified atom stereocenters. The van der Waals surface area contributed by atoms with Crippen molar-refractivity contribution >= 4 is 23.2 Å². The fourth-order valence-corrected chi connectivity index (χ4v) is 4.31. The lowest BCUT2D eigenvalue weighted by Gasteiger charge is -2.35. The number of fused-ring (bicyclic) bond motifs is 1. The molecule has 1 N–H and O–H groups in total. The topological polar surface area (TPSA) is 82.4 Å². The number of nitrogens with zero attached hydrogens (tertiary/aromatic N) is 2. The van der Waals surface area contributed by atoms with E-state index in [0.29, 0.717) is 5.56 Å². The van der Waals surface area contributed by atoms with Crippen LogP contribution >= 0.6 is 0 Å². The lowest BCUT2D eigenvalue weighted by atomic mass is 9.79. The van der Waals surface area contributed by atoms with E-state index in [9.17, 15) is 22.8 Å². The summed E-state index contributed by atoms with van der Waals surface area (Å²) in [6.07, 6.45) is -1.97. The molecule has 178 valence electrons. The molecule has 2 amide bonds. The van der Waals surface area contributed by atoms with Crippen molar-refractivity contribution < 1.29 is 31.9 Å². The number of rotatable bonds is 5. The Morgan fingerprint density at radius 3 is 2.62 bits per heavy atom. The summed E-state index contributed by atoms with van der Waals surface area (Å²) < 4.78 is 60.9. The third-order valence-electron chi connectivity index (χ3n) is 5.94. The Bertz CT molecular complexity index is 1220. The summed E-state index contributed by atoms with van der Waals surface area (Å²) in [5.74, 6) is -6.12. The summed E-state index contributed by atoms with van der Waals surface area (Å²) in [5, 5.41) is 11.5. The third kappa shape index (κ3) is 4.55. The van der Waals surface area contributed by atoms with Gasteiger partial charge in [0.25, 0.3) is 5.91 Å². The van der Waals surface area contributed by atoms with E-state index in [-0.39, 0.29) is 54.1 Å². The number of carbonyl (C=O) groups excluding carboxylic acids is 2. The molecule has 0 bridgehead atoms. The molecule has 34 heavy (non-hydrogen) atoms. The van der Waals surface area contributed by atoms with Crippen LogP contribution in [0.15, 0.2) is 24.3 Å². The highest BCUT2D eigenvalue weighted by Crippen LogP contribution is 2.45. The molecule has 1 aliphatic carbocycles. The van der Waals surface area contributed by atoms with Crippen molar-refractivity contribution in [2.24, 2.45) is 5.92 Å². The van der Waals surface area contributed by atoms with E-state index in [1.165, 1.54) is 36.9 Å². The molecule has 0 spiro atoms. The third-order valence-corrected chi connectivity index (χ3v) is 5.94. The minimum absolute atomic E-state index is 0.0774. The first-order chi connectivity index (χ1) is 16.0. The molecule has 1 aliphatic heterocycles. The highest BCUT2D eigenvalue weighted by molar-refractivity contribution is 6.01. The molecule has 1 saturated carbocycles. The second-order valence-corrected chi connectivity index (χ2v) is 8.76. The summed E-state index contributed by atoms with van der Waals surface area (Å²) in [7, 11) is 0. The molecule has 1 heterocycles. The average Bonchev–Trinajstić information content (AvgIpc) is 2.73. The van der Waals surface area contributed by atoms with Gasteiger partial charge in [0.1, 0.15) is 5.82 Å². The van der Waals surface area contributed by atoms with Crippen molar-refractivity contribution in [1.82, 2.24) is 0 Å². The van der Waals surface area contributed by atoms with Crippen LogP contribution in [0.5, 0.6) is 5.75 Å². The van der Waals surface area contributed by atoms with Crippen LogP contribution in [0.25, 0.3) is 0 Å². The van der Waals surface area contributed by atoms with Crippen LogP contribution in [0.2, 0.25) is 0 Å². The second-order valence-electron chi connectivity index (χ2n) is 8.76. The van der Waals surface area contributed by atoms with E-state index < -0.39 is 41.4 Å². The van der Waals surface area contributed by atoms with Crippen LogP contribution in [0.4, 0.5) is 28.9 Å². The maximum Gasteiger partial charge on any atom is 0.268 e. The second kappa shape index (κ2) is 8.63. The lowest BCUT2D eigenvalue weighted by Crippen LogP contribution is -2.44. The van der Waals surface area contributed by atoms with Gasteiger partial charge < -0.3 is 15.0 Å². The molecule has 4 rings (SSSR count). The number of anilines is 2. The molecule has 10 heteroatoms. The Hall–Kier alpha value is -3.61. The fraction of sp³-hybridized carbons (Fsp3) is 0.375. The van der Waals surface area contributed by atoms with Crippen LogP contribution in [0, 0.1) is 35.8 Å². The minimum Gasteiger partial charge on any atom is -0.476 e. The van der Waals surface area contributed by atoms with Crippen molar-refractivity contribution in [2.45, 2.75) is 51.7 Å². The minimum atomic E-state index is -2.76. The number of nitrogens with one attached hydrogen (secondary N) is 1. The number of hydrogen-bond donors (Lipinski definition) is 1. The summed E-state index contributed by atoms with van der Waals surface area (Å²) in [6.45, 7) is 2.82. The Morgan fingerprint density at radius 1 is 1.26 bits per heavy atom. The number of amides is 2. The van der Waals surface area contributed by atoms with Gasteiger partial charge >= 0.3 is 0 Å². The van der Waals surface area contributed by atoms with Crippen LogP contribution in [0.1, 0.15) is 42.9 Å². The van der Waals surface area contributed by atoms with Crippen LogP contribution in [-0.4, -0.2) is 23.8 Å². The number of ether oxygens (including phenoxy) is 1. The van der Waals surface area contributed by atoms with Gasteiger partial charge in [0.2, 0.25) is 11.8 Å². The van der Waals surface area contributed by atoms with Gasteiger partial charge in [0.05, 0.1) is 29.6 Å². The van der Waals surface area contributed by atoms with Crippen molar-refractivity contribution in [3.63, 3.8) is 0 Å². The maximum absolute atomic E-state index is 15.4. The number of carbonyl (C=O) groups is 2. The van der Waals surface area contributed by atoms with Gasteiger partial charge in [-0.15, -0.1) is 0 Å². The number of hydrogen-bond acceptors (Lipinski definition) is 4. The fourth-order valence-electron chi connectivity index (χ4n) is 4.31. The Labute approximate surface area is 193 Å². The predicted molar refractivity (Wildman–Crippen MR) is 114 cm³/mol. The molecule has 2 aliphatic rings. The highest BCUT2D eigenvalue weighted by atomic mass is 19.3. The predicted octanol–water partition coefficient (Wildman–Crippen LogP) is 4.83. The van der Waals surface area contributed by atoms with Crippen molar-refractivity contribution in [3.05, 3.63) is 52.6 Å². The first-order valence-electron chi connectivity index (χ1n) is 10.7. The standard InChI is InChI=1S/C24H21F4N3O3/c1-12-3-18-22(20(26)21(12)30-19(32)7-16-8-24(27,28)9-16)34-13(2)23(33)31(18)11-15-4-14(10-29)5-17(25)6-15/h3-6,13,16H,7-9,11H2,1-2H3,(H,30,32). The molecule has 1 atom stereocenters. The highest BCUT2D eigenvalue weighted by Gasteiger charge is 2.45. The Morgan fingerprint density at radius 2 is 1.97 bits per heavy atom. The molecule has 6 nitrogen and oxygen atoms in total. The largest absolute Gasteiger partial charge is 0.476 e. The van der Waals surface area contributed by atoms with E-state index in [0.717, 1.165) is 6.07 Å². The van der Waals surface area contributed by atoms with Gasteiger partial charge in [0, 0.05) is 19.3 Å². The van der Waals surface area contributed by atoms with Crippen LogP contribution < -0.4 is 15.0 Å². The summed E-state index contributed by atoms with van der Waals surface area (Å²) in [4.78, 5) is 26.4. The van der Waals surface area contributed by atoms with Gasteiger partial charge in [-0.1, -0.05) is 0 Å². The number of alkyl halides is 2. The molecule has 2 aromatic carbocycles. The van der Waals surface area contributed by atoms with Gasteiger partial charge in [-0.3, -0.25) is 9.59 Å². The summed E-state index contributed by atoms with van der Waals surface area (Å²) in [5.41, 5.74) is 0.633. The lowest BCUT2D eigenvalue weighted by molar-refractivity contribution is -0.130. The van der Waals surface area contributed by atoms with Crippen molar-refractivity contribution in [2.75, 3.05) is 10.2 Å². The monoisotopic (exact) mass is 475 g/mol. The van der Waals surface area contributed by atoms with Crippen molar-refractivity contribution in [1.29, 1.82) is 5.26 Å².